The Bertz CT molecular complexity index is 942. The summed E-state index contributed by atoms with van der Waals surface area (Å²) < 4.78 is 5.70. The summed E-state index contributed by atoms with van der Waals surface area (Å²) in [5.74, 6) is 0.768. The predicted molar refractivity (Wildman–Crippen MR) is 98.3 cm³/mol. The van der Waals surface area contributed by atoms with Crippen LogP contribution in [-0.2, 0) is 0 Å². The van der Waals surface area contributed by atoms with Crippen LogP contribution < -0.4 is 5.32 Å². The number of hydrogen-bond donors (Lipinski definition) is 1. The zero-order chi connectivity index (χ0) is 18.0. The lowest BCUT2D eigenvalue weighted by molar-refractivity contribution is 0.101. The summed E-state index contributed by atoms with van der Waals surface area (Å²) in [7, 11) is 0. The lowest BCUT2D eigenvalue weighted by Gasteiger charge is -2.05. The van der Waals surface area contributed by atoms with Gasteiger partial charge in [0.25, 0.3) is 5.91 Å². The first-order chi connectivity index (χ1) is 11.9. The molecule has 2 aromatic carbocycles. The normalized spacial score (nSPS) is 10.5. The molecular weight excluding hydrogens is 338 g/mol. The molecule has 3 aromatic rings. The number of carbonyl (C=O) groups excluding carboxylic acids is 2. The molecule has 0 saturated heterocycles. The minimum Gasteiger partial charge on any atom is -0.461 e. The molecule has 1 amide bonds. The van der Waals surface area contributed by atoms with Gasteiger partial charge in [0.15, 0.2) is 5.78 Å². The van der Waals surface area contributed by atoms with E-state index in [2.05, 4.69) is 5.32 Å². The first kappa shape index (κ1) is 17.0. The fraction of sp³-hybridized carbons (Fsp3) is 0.100. The van der Waals surface area contributed by atoms with Gasteiger partial charge < -0.3 is 9.73 Å². The largest absolute Gasteiger partial charge is 0.461 e. The minimum atomic E-state index is -0.290. The number of amides is 1. The van der Waals surface area contributed by atoms with Crippen LogP contribution in [0.4, 0.5) is 5.69 Å². The van der Waals surface area contributed by atoms with Crippen LogP contribution in [0.3, 0.4) is 0 Å². The first-order valence-electron chi connectivity index (χ1n) is 7.73. The zero-order valence-corrected chi connectivity index (χ0v) is 14.6. The summed E-state index contributed by atoms with van der Waals surface area (Å²) >= 11 is 5.89. The molecule has 5 heteroatoms. The smallest absolute Gasteiger partial charge is 0.259 e. The highest BCUT2D eigenvalue weighted by molar-refractivity contribution is 6.30. The Balaban J connectivity index is 1.84. The van der Waals surface area contributed by atoms with E-state index < -0.39 is 0 Å². The van der Waals surface area contributed by atoms with Crippen LogP contribution in [0.5, 0.6) is 0 Å². The van der Waals surface area contributed by atoms with Crippen LogP contribution >= 0.6 is 11.6 Å². The SMILES string of the molecule is CC(=O)c1cccc(NC(=O)c2cc(-c3ccc(Cl)cc3)oc2C)c1. The highest BCUT2D eigenvalue weighted by Crippen LogP contribution is 2.27. The number of carbonyl (C=O) groups is 2. The highest BCUT2D eigenvalue weighted by Gasteiger charge is 2.16. The van der Waals surface area contributed by atoms with Crippen LogP contribution in [-0.4, -0.2) is 11.7 Å². The molecule has 0 radical (unpaired) electrons. The van der Waals surface area contributed by atoms with Crippen LogP contribution in [0.15, 0.2) is 59.0 Å². The van der Waals surface area contributed by atoms with E-state index in [0.29, 0.717) is 33.4 Å². The molecule has 0 saturated carbocycles. The lowest BCUT2D eigenvalue weighted by atomic mass is 10.1. The summed E-state index contributed by atoms with van der Waals surface area (Å²) in [6.45, 7) is 3.22. The zero-order valence-electron chi connectivity index (χ0n) is 13.8. The Labute approximate surface area is 150 Å². The van der Waals surface area contributed by atoms with Crippen molar-refractivity contribution in [2.45, 2.75) is 13.8 Å². The molecule has 3 rings (SSSR count). The second-order valence-corrected chi connectivity index (χ2v) is 6.11. The van der Waals surface area contributed by atoms with Crippen molar-refractivity contribution < 1.29 is 14.0 Å². The van der Waals surface area contributed by atoms with E-state index in [0.717, 1.165) is 5.56 Å². The molecule has 0 aliphatic carbocycles. The molecule has 0 spiro atoms. The first-order valence-corrected chi connectivity index (χ1v) is 8.10. The van der Waals surface area contributed by atoms with E-state index >= 15 is 0 Å². The molecule has 25 heavy (non-hydrogen) atoms. The Morgan fingerprint density at radius 2 is 1.76 bits per heavy atom. The number of aryl methyl sites for hydroxylation is 1. The maximum atomic E-state index is 12.5. The van der Waals surface area contributed by atoms with Gasteiger partial charge in [-0.3, -0.25) is 9.59 Å². The fourth-order valence-corrected chi connectivity index (χ4v) is 2.60. The Hall–Kier alpha value is -2.85. The summed E-state index contributed by atoms with van der Waals surface area (Å²) in [5, 5.41) is 3.43. The van der Waals surface area contributed by atoms with Crippen molar-refractivity contribution in [2.24, 2.45) is 0 Å². The van der Waals surface area contributed by atoms with Crippen LogP contribution in [0.2, 0.25) is 5.02 Å². The Kier molecular flexibility index (Phi) is 4.72. The molecule has 0 unspecified atom stereocenters. The molecule has 126 valence electrons. The van der Waals surface area contributed by atoms with Gasteiger partial charge in [-0.2, -0.15) is 0 Å². The molecule has 1 aromatic heterocycles. The van der Waals surface area contributed by atoms with Crippen molar-refractivity contribution in [3.63, 3.8) is 0 Å². The molecule has 0 fully saturated rings. The number of furan rings is 1. The number of anilines is 1. The maximum Gasteiger partial charge on any atom is 0.259 e. The monoisotopic (exact) mass is 353 g/mol. The molecule has 0 atom stereocenters. The third-order valence-corrected chi connectivity index (χ3v) is 4.07. The van der Waals surface area contributed by atoms with Crippen molar-refractivity contribution >= 4 is 29.0 Å². The van der Waals surface area contributed by atoms with E-state index in [1.165, 1.54) is 6.92 Å². The van der Waals surface area contributed by atoms with Crippen molar-refractivity contribution in [3.05, 3.63) is 76.5 Å². The molecule has 4 nitrogen and oxygen atoms in total. The minimum absolute atomic E-state index is 0.0550. The maximum absolute atomic E-state index is 12.5. The van der Waals surface area contributed by atoms with E-state index in [1.54, 1.807) is 49.4 Å². The summed E-state index contributed by atoms with van der Waals surface area (Å²) in [5.41, 5.74) is 2.39. The fourth-order valence-electron chi connectivity index (χ4n) is 2.48. The highest BCUT2D eigenvalue weighted by atomic mass is 35.5. The van der Waals surface area contributed by atoms with Crippen LogP contribution in [0.25, 0.3) is 11.3 Å². The van der Waals surface area contributed by atoms with Gasteiger partial charge in [0.05, 0.1) is 5.56 Å². The quantitative estimate of drug-likeness (QED) is 0.642. The van der Waals surface area contributed by atoms with Gasteiger partial charge >= 0.3 is 0 Å². The van der Waals surface area contributed by atoms with Crippen molar-refractivity contribution in [1.82, 2.24) is 0 Å². The topological polar surface area (TPSA) is 59.3 Å². The molecule has 0 aliphatic rings. The number of benzene rings is 2. The Morgan fingerprint density at radius 1 is 1.04 bits per heavy atom. The van der Waals surface area contributed by atoms with Gasteiger partial charge in [0.2, 0.25) is 0 Å². The van der Waals surface area contributed by atoms with Gasteiger partial charge in [0.1, 0.15) is 11.5 Å². The summed E-state index contributed by atoms with van der Waals surface area (Å²) in [4.78, 5) is 24.0. The molecular formula is C20H16ClNO3. The van der Waals surface area contributed by atoms with E-state index in [1.807, 2.05) is 12.1 Å². The molecule has 0 bridgehead atoms. The van der Waals surface area contributed by atoms with Gasteiger partial charge in [-0.1, -0.05) is 23.7 Å². The Morgan fingerprint density at radius 3 is 2.44 bits per heavy atom. The van der Waals surface area contributed by atoms with Crippen molar-refractivity contribution in [3.8, 4) is 11.3 Å². The number of Topliss-reactive ketones (excluding diaryl/α,β-unsaturated/α-hetero) is 1. The van der Waals surface area contributed by atoms with E-state index in [-0.39, 0.29) is 11.7 Å². The van der Waals surface area contributed by atoms with Gasteiger partial charge in [-0.25, -0.2) is 0 Å². The number of nitrogens with one attached hydrogen (secondary N) is 1. The average Bonchev–Trinajstić information content (AvgIpc) is 2.97. The lowest BCUT2D eigenvalue weighted by Crippen LogP contribution is -2.12. The standard InChI is InChI=1S/C20H16ClNO3/c1-12(23)15-4-3-5-17(10-15)22-20(24)18-11-19(25-13(18)2)14-6-8-16(21)9-7-14/h3-11H,1-2H3,(H,22,24). The molecule has 1 heterocycles. The van der Waals surface area contributed by atoms with Crippen molar-refractivity contribution in [2.75, 3.05) is 5.32 Å². The third kappa shape index (κ3) is 3.80. The van der Waals surface area contributed by atoms with E-state index in [9.17, 15) is 9.59 Å². The summed E-state index contributed by atoms with van der Waals surface area (Å²) in [6.07, 6.45) is 0. The van der Waals surface area contributed by atoms with E-state index in [4.69, 9.17) is 16.0 Å². The third-order valence-electron chi connectivity index (χ3n) is 3.82. The average molecular weight is 354 g/mol. The van der Waals surface area contributed by atoms with Crippen LogP contribution in [0, 0.1) is 6.92 Å². The van der Waals surface area contributed by atoms with Gasteiger partial charge in [0, 0.05) is 21.8 Å². The van der Waals surface area contributed by atoms with Gasteiger partial charge in [-0.05, 0) is 56.3 Å². The van der Waals surface area contributed by atoms with Crippen LogP contribution in [0.1, 0.15) is 33.4 Å². The molecule has 0 aliphatic heterocycles. The second-order valence-electron chi connectivity index (χ2n) is 5.68. The van der Waals surface area contributed by atoms with Gasteiger partial charge in [-0.15, -0.1) is 0 Å². The number of hydrogen-bond acceptors (Lipinski definition) is 3. The number of ketones is 1. The number of rotatable bonds is 4. The number of halogens is 1. The molecule has 1 N–H and O–H groups in total. The summed E-state index contributed by atoms with van der Waals surface area (Å²) in [6, 6.07) is 15.7. The van der Waals surface area contributed by atoms with Crippen molar-refractivity contribution in [1.29, 1.82) is 0 Å². The predicted octanol–water partition coefficient (Wildman–Crippen LogP) is 5.36. The second kappa shape index (κ2) is 6.95.